The van der Waals surface area contributed by atoms with Crippen molar-refractivity contribution in [2.75, 3.05) is 18.6 Å². The van der Waals surface area contributed by atoms with E-state index >= 15 is 0 Å². The van der Waals surface area contributed by atoms with Gasteiger partial charge in [-0.25, -0.2) is 8.42 Å². The van der Waals surface area contributed by atoms with E-state index in [4.69, 9.17) is 11.6 Å². The molecular weight excluding hydrogens is 270 g/mol. The molecule has 0 saturated heterocycles. The lowest BCUT2D eigenvalue weighted by atomic mass is 10.00. The van der Waals surface area contributed by atoms with Crippen molar-refractivity contribution in [2.45, 2.75) is 26.8 Å². The normalized spacial score (nSPS) is 13.6. The first-order chi connectivity index (χ1) is 8.24. The van der Waals surface area contributed by atoms with E-state index in [2.05, 4.69) is 5.32 Å². The van der Waals surface area contributed by atoms with Gasteiger partial charge >= 0.3 is 0 Å². The van der Waals surface area contributed by atoms with Crippen molar-refractivity contribution in [2.24, 2.45) is 0 Å². The third kappa shape index (κ3) is 4.26. The summed E-state index contributed by atoms with van der Waals surface area (Å²) in [6, 6.07) is 3.68. The number of benzene rings is 1. The molecule has 0 aliphatic carbocycles. The van der Waals surface area contributed by atoms with Crippen LogP contribution in [-0.4, -0.2) is 27.0 Å². The largest absolute Gasteiger partial charge is 0.309 e. The first-order valence-electron chi connectivity index (χ1n) is 5.92. The Morgan fingerprint density at radius 3 is 2.39 bits per heavy atom. The zero-order valence-corrected chi connectivity index (χ0v) is 12.8. The summed E-state index contributed by atoms with van der Waals surface area (Å²) in [5.41, 5.74) is 2.98. The minimum atomic E-state index is -3.03. The fourth-order valence-corrected chi connectivity index (χ4v) is 3.11. The summed E-state index contributed by atoms with van der Waals surface area (Å²) in [6.45, 7) is 6.57. The van der Waals surface area contributed by atoms with Crippen LogP contribution < -0.4 is 5.32 Å². The summed E-state index contributed by atoms with van der Waals surface area (Å²) >= 11 is 6.06. The molecule has 5 heteroatoms. The van der Waals surface area contributed by atoms with Crippen LogP contribution in [0.15, 0.2) is 12.1 Å². The summed E-state index contributed by atoms with van der Waals surface area (Å²) in [4.78, 5) is 0. The van der Waals surface area contributed by atoms with Crippen molar-refractivity contribution in [3.63, 3.8) is 0 Å². The molecule has 0 saturated carbocycles. The molecule has 1 aromatic carbocycles. The highest BCUT2D eigenvalue weighted by Crippen LogP contribution is 2.25. The maximum Gasteiger partial charge on any atom is 0.149 e. The number of hydrogen-bond donors (Lipinski definition) is 1. The lowest BCUT2D eigenvalue weighted by molar-refractivity contribution is 0.561. The number of halogens is 1. The van der Waals surface area contributed by atoms with Gasteiger partial charge in [0.25, 0.3) is 0 Å². The molecule has 0 radical (unpaired) electrons. The van der Waals surface area contributed by atoms with Crippen molar-refractivity contribution >= 4 is 21.4 Å². The van der Waals surface area contributed by atoms with Crippen molar-refractivity contribution in [1.82, 2.24) is 5.32 Å². The fraction of sp³-hybridized carbons (Fsp3) is 0.538. The van der Waals surface area contributed by atoms with Crippen molar-refractivity contribution < 1.29 is 8.42 Å². The molecule has 1 N–H and O–H groups in total. The Bertz CT molecular complexity index is 526. The van der Waals surface area contributed by atoms with Crippen molar-refractivity contribution in [3.05, 3.63) is 33.8 Å². The first kappa shape index (κ1) is 15.5. The predicted molar refractivity (Wildman–Crippen MR) is 77.1 cm³/mol. The minimum Gasteiger partial charge on any atom is -0.309 e. The van der Waals surface area contributed by atoms with Crippen LogP contribution in [0.5, 0.6) is 0 Å². The predicted octanol–water partition coefficient (Wildman–Crippen LogP) is 2.65. The molecule has 18 heavy (non-hydrogen) atoms. The van der Waals surface area contributed by atoms with Crippen LogP contribution in [0.4, 0.5) is 0 Å². The summed E-state index contributed by atoms with van der Waals surface area (Å²) in [7, 11) is -3.03. The zero-order valence-electron chi connectivity index (χ0n) is 11.2. The molecule has 0 spiro atoms. The van der Waals surface area contributed by atoms with E-state index in [0.717, 1.165) is 23.2 Å². The third-order valence-electron chi connectivity index (χ3n) is 2.84. The van der Waals surface area contributed by atoms with Gasteiger partial charge in [0.05, 0.1) is 5.75 Å². The van der Waals surface area contributed by atoms with Gasteiger partial charge < -0.3 is 5.32 Å². The van der Waals surface area contributed by atoms with Crippen molar-refractivity contribution in [1.29, 1.82) is 0 Å². The SMILES string of the molecule is CCNC(CS(C)(=O)=O)c1cc(C)c(Cl)cc1C. The first-order valence-corrected chi connectivity index (χ1v) is 8.36. The number of rotatable bonds is 5. The van der Waals surface area contributed by atoms with Gasteiger partial charge in [0.15, 0.2) is 0 Å². The van der Waals surface area contributed by atoms with Gasteiger partial charge in [-0.15, -0.1) is 0 Å². The zero-order chi connectivity index (χ0) is 13.9. The maximum atomic E-state index is 11.5. The topological polar surface area (TPSA) is 46.2 Å². The average molecular weight is 290 g/mol. The summed E-state index contributed by atoms with van der Waals surface area (Å²) < 4.78 is 23.0. The summed E-state index contributed by atoms with van der Waals surface area (Å²) in [6.07, 6.45) is 1.26. The van der Waals surface area contributed by atoms with Crippen LogP contribution in [0.1, 0.15) is 29.7 Å². The van der Waals surface area contributed by atoms with Crippen LogP contribution in [0.2, 0.25) is 5.02 Å². The molecule has 1 unspecified atom stereocenters. The maximum absolute atomic E-state index is 11.5. The molecule has 0 aliphatic rings. The van der Waals surface area contributed by atoms with Gasteiger partial charge in [0.2, 0.25) is 0 Å². The van der Waals surface area contributed by atoms with Gasteiger partial charge in [-0.05, 0) is 43.1 Å². The van der Waals surface area contributed by atoms with E-state index in [9.17, 15) is 8.42 Å². The molecule has 1 atom stereocenters. The Morgan fingerprint density at radius 2 is 1.89 bits per heavy atom. The molecule has 0 heterocycles. The Hall–Kier alpha value is -0.580. The highest BCUT2D eigenvalue weighted by atomic mass is 35.5. The molecule has 3 nitrogen and oxygen atoms in total. The summed E-state index contributed by atoms with van der Waals surface area (Å²) in [5, 5.41) is 3.93. The second kappa shape index (κ2) is 6.04. The van der Waals surface area contributed by atoms with Gasteiger partial charge in [0, 0.05) is 17.3 Å². The quantitative estimate of drug-likeness (QED) is 0.906. The Labute approximate surface area is 114 Å². The van der Waals surface area contributed by atoms with E-state index < -0.39 is 9.84 Å². The number of hydrogen-bond acceptors (Lipinski definition) is 3. The van der Waals surface area contributed by atoms with E-state index in [1.54, 1.807) is 0 Å². The van der Waals surface area contributed by atoms with Crippen LogP contribution in [0, 0.1) is 13.8 Å². The minimum absolute atomic E-state index is 0.1000. The standard InChI is InChI=1S/C13H20ClNO2S/c1-5-15-13(8-18(4,16)17)11-6-10(3)12(14)7-9(11)2/h6-7,13,15H,5,8H2,1-4H3. The molecule has 1 rings (SSSR count). The van der Waals surface area contributed by atoms with Gasteiger partial charge in [-0.2, -0.15) is 0 Å². The second-order valence-electron chi connectivity index (χ2n) is 4.66. The van der Waals surface area contributed by atoms with Crippen LogP contribution in [0.3, 0.4) is 0 Å². The van der Waals surface area contributed by atoms with Gasteiger partial charge in [0.1, 0.15) is 9.84 Å². The van der Waals surface area contributed by atoms with Gasteiger partial charge in [-0.3, -0.25) is 0 Å². The number of nitrogens with one attached hydrogen (secondary N) is 1. The second-order valence-corrected chi connectivity index (χ2v) is 7.25. The summed E-state index contributed by atoms with van der Waals surface area (Å²) in [5.74, 6) is 0.1000. The van der Waals surface area contributed by atoms with E-state index in [-0.39, 0.29) is 11.8 Å². The van der Waals surface area contributed by atoms with Crippen LogP contribution in [0.25, 0.3) is 0 Å². The molecule has 1 aromatic rings. The van der Waals surface area contributed by atoms with E-state index in [0.29, 0.717) is 5.02 Å². The van der Waals surface area contributed by atoms with Crippen LogP contribution >= 0.6 is 11.6 Å². The average Bonchev–Trinajstić information content (AvgIpc) is 2.21. The smallest absolute Gasteiger partial charge is 0.149 e. The van der Waals surface area contributed by atoms with E-state index in [1.807, 2.05) is 32.9 Å². The van der Waals surface area contributed by atoms with Gasteiger partial charge in [-0.1, -0.05) is 24.6 Å². The Morgan fingerprint density at radius 1 is 1.28 bits per heavy atom. The molecule has 0 aliphatic heterocycles. The molecule has 0 fully saturated rings. The van der Waals surface area contributed by atoms with Crippen LogP contribution in [-0.2, 0) is 9.84 Å². The third-order valence-corrected chi connectivity index (χ3v) is 4.19. The molecule has 0 aromatic heterocycles. The highest BCUT2D eigenvalue weighted by molar-refractivity contribution is 7.90. The van der Waals surface area contributed by atoms with Crippen molar-refractivity contribution in [3.8, 4) is 0 Å². The monoisotopic (exact) mass is 289 g/mol. The Kier molecular flexibility index (Phi) is 5.20. The molecule has 0 bridgehead atoms. The number of sulfone groups is 1. The molecular formula is C13H20ClNO2S. The lowest BCUT2D eigenvalue weighted by Crippen LogP contribution is -2.28. The Balaban J connectivity index is 3.17. The highest BCUT2D eigenvalue weighted by Gasteiger charge is 2.19. The molecule has 102 valence electrons. The van der Waals surface area contributed by atoms with E-state index in [1.165, 1.54) is 6.26 Å². The fourth-order valence-electron chi connectivity index (χ4n) is 1.99. The number of aryl methyl sites for hydroxylation is 2. The molecule has 0 amide bonds. The lowest BCUT2D eigenvalue weighted by Gasteiger charge is -2.20.